The molecule has 2 N–H and O–H groups in total. The molecule has 0 radical (unpaired) electrons. The molecule has 0 unspecified atom stereocenters. The van der Waals surface area contributed by atoms with Crippen molar-refractivity contribution in [1.29, 1.82) is 0 Å². The summed E-state index contributed by atoms with van der Waals surface area (Å²) in [6, 6.07) is 8.06. The van der Waals surface area contributed by atoms with Crippen molar-refractivity contribution in [3.63, 3.8) is 0 Å². The molecule has 0 bridgehead atoms. The molecule has 0 atom stereocenters. The normalized spacial score (nSPS) is 11.6. The minimum Gasteiger partial charge on any atom is -0.496 e. The molecule has 0 heterocycles. The number of hydrogen-bond donors (Lipinski definition) is 2. The van der Waals surface area contributed by atoms with E-state index in [-0.39, 0.29) is 0 Å². The van der Waals surface area contributed by atoms with Crippen molar-refractivity contribution >= 4 is 5.96 Å². The van der Waals surface area contributed by atoms with E-state index in [0.29, 0.717) is 12.5 Å². The van der Waals surface area contributed by atoms with Crippen LogP contribution >= 0.6 is 0 Å². The molecule has 0 saturated heterocycles. The van der Waals surface area contributed by atoms with Gasteiger partial charge in [-0.1, -0.05) is 32.0 Å². The Balaban J connectivity index is 2.24. The first-order valence-electron chi connectivity index (χ1n) is 7.81. The molecule has 0 spiro atoms. The maximum absolute atomic E-state index is 5.53. The Labute approximate surface area is 134 Å². The number of hydrogen-bond acceptors (Lipinski definition) is 3. The Morgan fingerprint density at radius 2 is 1.91 bits per heavy atom. The van der Waals surface area contributed by atoms with Crippen molar-refractivity contribution < 1.29 is 9.47 Å². The first-order chi connectivity index (χ1) is 10.7. The third-order valence-corrected chi connectivity index (χ3v) is 3.09. The number of nitrogens with one attached hydrogen (secondary N) is 2. The van der Waals surface area contributed by atoms with Crippen molar-refractivity contribution in [2.75, 3.05) is 40.5 Å². The average Bonchev–Trinajstić information content (AvgIpc) is 2.53. The van der Waals surface area contributed by atoms with Gasteiger partial charge >= 0.3 is 0 Å². The molecule has 5 heteroatoms. The molecule has 1 rings (SSSR count). The second-order valence-electron chi connectivity index (χ2n) is 5.46. The van der Waals surface area contributed by atoms with Crippen LogP contribution in [0.1, 0.15) is 19.4 Å². The molecule has 0 aliphatic heterocycles. The van der Waals surface area contributed by atoms with Gasteiger partial charge in [0, 0.05) is 26.7 Å². The summed E-state index contributed by atoms with van der Waals surface area (Å²) in [4.78, 5) is 4.20. The van der Waals surface area contributed by atoms with Gasteiger partial charge in [0.05, 0.1) is 13.7 Å². The largest absolute Gasteiger partial charge is 0.496 e. The maximum atomic E-state index is 5.53. The van der Waals surface area contributed by atoms with Gasteiger partial charge in [-0.2, -0.15) is 0 Å². The van der Waals surface area contributed by atoms with Crippen LogP contribution in [0.3, 0.4) is 0 Å². The molecule has 22 heavy (non-hydrogen) atoms. The molecule has 0 aliphatic carbocycles. The van der Waals surface area contributed by atoms with E-state index in [1.54, 1.807) is 14.2 Å². The molecule has 1 aromatic rings. The van der Waals surface area contributed by atoms with Gasteiger partial charge < -0.3 is 20.1 Å². The van der Waals surface area contributed by atoms with Crippen LogP contribution in [0.15, 0.2) is 29.3 Å². The molecule has 0 fully saturated rings. The summed E-state index contributed by atoms with van der Waals surface area (Å²) < 4.78 is 10.9. The van der Waals surface area contributed by atoms with Crippen LogP contribution in [0, 0.1) is 5.92 Å². The van der Waals surface area contributed by atoms with E-state index in [9.17, 15) is 0 Å². The summed E-state index contributed by atoms with van der Waals surface area (Å²) >= 11 is 0. The monoisotopic (exact) mass is 307 g/mol. The number of benzene rings is 1. The standard InChI is InChI=1S/C17H29N3O2/c1-14(2)13-22-12-11-20-17(18-3)19-10-9-15-7-5-6-8-16(15)21-4/h5-8,14H,9-13H2,1-4H3,(H2,18,19,20). The summed E-state index contributed by atoms with van der Waals surface area (Å²) in [5.74, 6) is 2.29. The van der Waals surface area contributed by atoms with Gasteiger partial charge in [0.15, 0.2) is 5.96 Å². The fourth-order valence-electron chi connectivity index (χ4n) is 2.01. The fraction of sp³-hybridized carbons (Fsp3) is 0.588. The smallest absolute Gasteiger partial charge is 0.191 e. The summed E-state index contributed by atoms with van der Waals surface area (Å²) in [6.07, 6.45) is 0.883. The predicted molar refractivity (Wildman–Crippen MR) is 91.7 cm³/mol. The summed E-state index contributed by atoms with van der Waals surface area (Å²) in [5.41, 5.74) is 1.19. The zero-order chi connectivity index (χ0) is 16.2. The maximum Gasteiger partial charge on any atom is 0.191 e. The van der Waals surface area contributed by atoms with Crippen molar-refractivity contribution in [2.45, 2.75) is 20.3 Å². The number of guanidine groups is 1. The lowest BCUT2D eigenvalue weighted by molar-refractivity contribution is 0.114. The van der Waals surface area contributed by atoms with Crippen molar-refractivity contribution in [2.24, 2.45) is 10.9 Å². The van der Waals surface area contributed by atoms with Crippen LogP contribution in [0.2, 0.25) is 0 Å². The van der Waals surface area contributed by atoms with E-state index in [2.05, 4.69) is 35.5 Å². The first-order valence-corrected chi connectivity index (χ1v) is 7.81. The van der Waals surface area contributed by atoms with Crippen molar-refractivity contribution in [3.05, 3.63) is 29.8 Å². The SMILES string of the molecule is CN=C(NCCOCC(C)C)NCCc1ccccc1OC. The number of ether oxygens (including phenoxy) is 2. The topological polar surface area (TPSA) is 54.9 Å². The van der Waals surface area contributed by atoms with Crippen LogP contribution in [-0.2, 0) is 11.2 Å². The number of rotatable bonds is 9. The summed E-state index contributed by atoms with van der Waals surface area (Å²) in [7, 11) is 3.47. The van der Waals surface area contributed by atoms with Crippen molar-refractivity contribution in [1.82, 2.24) is 10.6 Å². The van der Waals surface area contributed by atoms with Crippen LogP contribution < -0.4 is 15.4 Å². The predicted octanol–water partition coefficient (Wildman–Crippen LogP) is 2.08. The molecule has 1 aromatic carbocycles. The molecule has 0 aromatic heterocycles. The zero-order valence-electron chi connectivity index (χ0n) is 14.2. The minimum absolute atomic E-state index is 0.568. The van der Waals surface area contributed by atoms with Gasteiger partial charge in [0.1, 0.15) is 5.75 Å². The second kappa shape index (κ2) is 10.9. The van der Waals surface area contributed by atoms with E-state index >= 15 is 0 Å². The van der Waals surface area contributed by atoms with Gasteiger partial charge in [0.2, 0.25) is 0 Å². The number of aliphatic imine (C=N–C) groups is 1. The fourth-order valence-corrected chi connectivity index (χ4v) is 2.01. The Morgan fingerprint density at radius 3 is 2.59 bits per heavy atom. The van der Waals surface area contributed by atoms with Gasteiger partial charge in [0.25, 0.3) is 0 Å². The van der Waals surface area contributed by atoms with Crippen LogP contribution in [0.25, 0.3) is 0 Å². The molecular formula is C17H29N3O2. The lowest BCUT2D eigenvalue weighted by Gasteiger charge is -2.13. The Hall–Kier alpha value is -1.75. The van der Waals surface area contributed by atoms with Crippen molar-refractivity contribution in [3.8, 4) is 5.75 Å². The molecule has 0 saturated carbocycles. The summed E-state index contributed by atoms with van der Waals surface area (Å²) in [5, 5.41) is 6.54. The lowest BCUT2D eigenvalue weighted by atomic mass is 10.1. The Bertz CT molecular complexity index is 447. The highest BCUT2D eigenvalue weighted by atomic mass is 16.5. The first kappa shape index (κ1) is 18.3. The van der Waals surface area contributed by atoms with Gasteiger partial charge in [-0.3, -0.25) is 4.99 Å². The molecule has 0 amide bonds. The van der Waals surface area contributed by atoms with E-state index in [0.717, 1.165) is 37.8 Å². The lowest BCUT2D eigenvalue weighted by Crippen LogP contribution is -2.39. The van der Waals surface area contributed by atoms with Crippen LogP contribution in [0.5, 0.6) is 5.75 Å². The van der Waals surface area contributed by atoms with Gasteiger partial charge in [-0.25, -0.2) is 0 Å². The number of para-hydroxylation sites is 1. The number of methoxy groups -OCH3 is 1. The highest BCUT2D eigenvalue weighted by Gasteiger charge is 2.02. The third kappa shape index (κ3) is 7.31. The van der Waals surface area contributed by atoms with E-state index in [1.807, 2.05) is 18.2 Å². The van der Waals surface area contributed by atoms with Gasteiger partial charge in [-0.05, 0) is 24.0 Å². The van der Waals surface area contributed by atoms with Crippen LogP contribution in [-0.4, -0.2) is 46.4 Å². The number of nitrogens with zero attached hydrogens (tertiary/aromatic N) is 1. The minimum atomic E-state index is 0.568. The Morgan fingerprint density at radius 1 is 1.18 bits per heavy atom. The average molecular weight is 307 g/mol. The molecule has 5 nitrogen and oxygen atoms in total. The van der Waals surface area contributed by atoms with E-state index < -0.39 is 0 Å². The Kier molecular flexibility index (Phi) is 9.07. The van der Waals surface area contributed by atoms with E-state index in [1.165, 1.54) is 5.56 Å². The molecular weight excluding hydrogens is 278 g/mol. The molecule has 124 valence electrons. The highest BCUT2D eigenvalue weighted by molar-refractivity contribution is 5.79. The second-order valence-corrected chi connectivity index (χ2v) is 5.46. The zero-order valence-corrected chi connectivity index (χ0v) is 14.2. The highest BCUT2D eigenvalue weighted by Crippen LogP contribution is 2.17. The third-order valence-electron chi connectivity index (χ3n) is 3.09. The van der Waals surface area contributed by atoms with Crippen LogP contribution in [0.4, 0.5) is 0 Å². The quantitative estimate of drug-likeness (QED) is 0.417. The van der Waals surface area contributed by atoms with Gasteiger partial charge in [-0.15, -0.1) is 0 Å². The molecule has 0 aliphatic rings. The van der Waals surface area contributed by atoms with E-state index in [4.69, 9.17) is 9.47 Å². The summed E-state index contributed by atoms with van der Waals surface area (Å²) in [6.45, 7) is 7.32.